The van der Waals surface area contributed by atoms with Crippen molar-refractivity contribution in [3.8, 4) is 16.9 Å². The first-order valence-corrected chi connectivity index (χ1v) is 5.03. The van der Waals surface area contributed by atoms with Crippen molar-refractivity contribution in [1.82, 2.24) is 0 Å². The predicted molar refractivity (Wildman–Crippen MR) is 67.0 cm³/mol. The van der Waals surface area contributed by atoms with E-state index in [0.717, 1.165) is 5.75 Å². The van der Waals surface area contributed by atoms with E-state index in [0.29, 0.717) is 0 Å². The fourth-order valence-corrected chi connectivity index (χ4v) is 1.57. The molecule has 0 unspecified atom stereocenters. The van der Waals surface area contributed by atoms with Gasteiger partial charge in [-0.25, -0.2) is 0 Å². The first-order valence-electron chi connectivity index (χ1n) is 4.39. The molecule has 0 spiro atoms. The average molecular weight is 290 g/mol. The fraction of sp³-hybridized carbons (Fsp3) is 0. The van der Waals surface area contributed by atoms with Crippen molar-refractivity contribution in [2.75, 3.05) is 0 Å². The Balaban J connectivity index is 0.00000112. The van der Waals surface area contributed by atoms with Gasteiger partial charge in [0.1, 0.15) is 0 Å². The quantitative estimate of drug-likeness (QED) is 0.758. The summed E-state index contributed by atoms with van der Waals surface area (Å²) in [6.45, 7) is 0. The van der Waals surface area contributed by atoms with Crippen LogP contribution in [0.25, 0.3) is 11.1 Å². The topological polar surface area (TPSA) is 9.23 Å². The zero-order valence-electron chi connectivity index (χ0n) is 8.42. The van der Waals surface area contributed by atoms with Gasteiger partial charge < -0.3 is 0 Å². The SMILES string of the molecule is Cl.Cl.[Ti][O]c1cccc(-c2ccccc2)c1. The molecule has 0 aromatic heterocycles. The second kappa shape index (κ2) is 7.75. The molecule has 0 atom stereocenters. The summed E-state index contributed by atoms with van der Waals surface area (Å²) in [5, 5.41) is 0. The van der Waals surface area contributed by atoms with Crippen LogP contribution in [0.15, 0.2) is 54.6 Å². The minimum atomic E-state index is 0. The van der Waals surface area contributed by atoms with Crippen LogP contribution < -0.4 is 3.32 Å². The predicted octanol–water partition coefficient (Wildman–Crippen LogP) is 4.04. The fourth-order valence-electron chi connectivity index (χ4n) is 1.37. The third-order valence-electron chi connectivity index (χ3n) is 2.06. The van der Waals surface area contributed by atoms with Crippen molar-refractivity contribution in [2.45, 2.75) is 0 Å². The molecule has 2 aromatic carbocycles. The van der Waals surface area contributed by atoms with Crippen LogP contribution in [0.4, 0.5) is 0 Å². The molecule has 0 fully saturated rings. The van der Waals surface area contributed by atoms with Crippen LogP contribution in [0.1, 0.15) is 0 Å². The zero-order chi connectivity index (χ0) is 9.80. The Morgan fingerprint density at radius 1 is 0.750 bits per heavy atom. The van der Waals surface area contributed by atoms with Crippen LogP contribution in [-0.4, -0.2) is 0 Å². The van der Waals surface area contributed by atoms with Crippen LogP contribution in [-0.2, 0) is 20.8 Å². The van der Waals surface area contributed by atoms with Crippen LogP contribution in [0, 0.1) is 0 Å². The van der Waals surface area contributed by atoms with Gasteiger partial charge in [-0.15, -0.1) is 24.8 Å². The molecule has 0 amide bonds. The molecule has 0 bridgehead atoms. The number of rotatable bonds is 2. The van der Waals surface area contributed by atoms with Gasteiger partial charge in [-0.1, -0.05) is 0 Å². The van der Waals surface area contributed by atoms with E-state index >= 15 is 0 Å². The Morgan fingerprint density at radius 3 is 2.00 bits per heavy atom. The summed E-state index contributed by atoms with van der Waals surface area (Å²) in [5.74, 6) is 0.895. The van der Waals surface area contributed by atoms with E-state index in [1.54, 1.807) is 20.8 Å². The van der Waals surface area contributed by atoms with Gasteiger partial charge in [0, 0.05) is 0 Å². The van der Waals surface area contributed by atoms with E-state index in [4.69, 9.17) is 3.32 Å². The van der Waals surface area contributed by atoms with Gasteiger partial charge in [0.15, 0.2) is 0 Å². The van der Waals surface area contributed by atoms with E-state index in [-0.39, 0.29) is 24.8 Å². The van der Waals surface area contributed by atoms with Crippen molar-refractivity contribution in [2.24, 2.45) is 0 Å². The van der Waals surface area contributed by atoms with E-state index < -0.39 is 0 Å². The third-order valence-corrected chi connectivity index (χ3v) is 2.43. The molecule has 0 radical (unpaired) electrons. The van der Waals surface area contributed by atoms with Crippen molar-refractivity contribution in [3.63, 3.8) is 0 Å². The summed E-state index contributed by atoms with van der Waals surface area (Å²) in [4.78, 5) is 0. The van der Waals surface area contributed by atoms with Gasteiger partial charge in [-0.05, 0) is 0 Å². The number of hydrogen-bond acceptors (Lipinski definition) is 1. The second-order valence-electron chi connectivity index (χ2n) is 3.00. The van der Waals surface area contributed by atoms with Crippen molar-refractivity contribution in [1.29, 1.82) is 0 Å². The Kier molecular flexibility index (Phi) is 7.52. The Labute approximate surface area is 120 Å². The van der Waals surface area contributed by atoms with Crippen molar-refractivity contribution < 1.29 is 24.1 Å². The molecule has 0 saturated heterocycles. The van der Waals surface area contributed by atoms with Crippen molar-refractivity contribution in [3.05, 3.63) is 54.6 Å². The molecule has 1 nitrogen and oxygen atoms in total. The molecule has 2 rings (SSSR count). The zero-order valence-corrected chi connectivity index (χ0v) is 11.6. The maximum atomic E-state index is 5.18. The minimum absolute atomic E-state index is 0. The Bertz CT molecular complexity index is 420. The van der Waals surface area contributed by atoms with Gasteiger partial charge in [-0.3, -0.25) is 0 Å². The standard InChI is InChI=1S/C12H10O.2ClH.Ti/c13-12-8-4-7-11(9-12)10-5-2-1-3-6-10;;;/h1-9,13H;2*1H;/q;;;+1/p-1. The molecular weight excluding hydrogens is 279 g/mol. The van der Waals surface area contributed by atoms with Gasteiger partial charge in [0.05, 0.1) is 0 Å². The average Bonchev–Trinajstić information content (AvgIpc) is 2.30. The van der Waals surface area contributed by atoms with E-state index in [1.807, 2.05) is 36.4 Å². The third kappa shape index (κ3) is 3.84. The molecule has 0 N–H and O–H groups in total. The summed E-state index contributed by atoms with van der Waals surface area (Å²) in [6, 6.07) is 18.3. The summed E-state index contributed by atoms with van der Waals surface area (Å²) in [5.41, 5.74) is 2.40. The molecule has 4 heteroatoms. The molecule has 0 aliphatic heterocycles. The van der Waals surface area contributed by atoms with Gasteiger partial charge in [0.25, 0.3) is 0 Å². The molecule has 0 heterocycles. The monoisotopic (exact) mass is 289 g/mol. The first kappa shape index (κ1) is 15.5. The second-order valence-corrected chi connectivity index (χ2v) is 3.31. The molecule has 83 valence electrons. The molecule has 2 aromatic rings. The number of hydrogen-bond donors (Lipinski definition) is 0. The summed E-state index contributed by atoms with van der Waals surface area (Å²) in [7, 11) is 0. The van der Waals surface area contributed by atoms with Gasteiger partial charge >= 0.3 is 95.6 Å². The Hall–Kier alpha value is -0.466. The molecule has 0 saturated carbocycles. The van der Waals surface area contributed by atoms with E-state index in [1.165, 1.54) is 11.1 Å². The van der Waals surface area contributed by atoms with Crippen LogP contribution in [0.2, 0.25) is 0 Å². The molecule has 16 heavy (non-hydrogen) atoms. The molecule has 0 aliphatic rings. The molecule has 0 aliphatic carbocycles. The van der Waals surface area contributed by atoms with Crippen molar-refractivity contribution >= 4 is 24.8 Å². The normalized spacial score (nSPS) is 8.44. The summed E-state index contributed by atoms with van der Waals surface area (Å²) >= 11 is 1.68. The summed E-state index contributed by atoms with van der Waals surface area (Å²) in [6.07, 6.45) is 0. The van der Waals surface area contributed by atoms with E-state index in [9.17, 15) is 0 Å². The first-order chi connectivity index (χ1) is 6.90. The molecular formula is C12H11Cl2OTi. The van der Waals surface area contributed by atoms with Crippen LogP contribution >= 0.6 is 24.8 Å². The maximum absolute atomic E-state index is 5.18. The van der Waals surface area contributed by atoms with Crippen LogP contribution in [0.3, 0.4) is 0 Å². The summed E-state index contributed by atoms with van der Waals surface area (Å²) < 4.78 is 5.18. The van der Waals surface area contributed by atoms with Gasteiger partial charge in [-0.2, -0.15) is 0 Å². The number of benzene rings is 2. The van der Waals surface area contributed by atoms with E-state index in [2.05, 4.69) is 18.2 Å². The van der Waals surface area contributed by atoms with Crippen LogP contribution in [0.5, 0.6) is 5.75 Å². The number of halogens is 2. The Morgan fingerprint density at radius 2 is 1.38 bits per heavy atom. The van der Waals surface area contributed by atoms with Gasteiger partial charge in [0.2, 0.25) is 0 Å².